The Morgan fingerprint density at radius 3 is 2.48 bits per heavy atom. The van der Waals surface area contributed by atoms with Gasteiger partial charge in [-0.25, -0.2) is 13.1 Å². The molecule has 0 radical (unpaired) electrons. The minimum Gasteiger partial charge on any atom is -0.507 e. The molecule has 0 amide bonds. The molecule has 0 aliphatic carbocycles. The highest BCUT2D eigenvalue weighted by molar-refractivity contribution is 7.89. The van der Waals surface area contributed by atoms with Gasteiger partial charge in [-0.3, -0.25) is 0 Å². The molecule has 0 unspecified atom stereocenters. The van der Waals surface area contributed by atoms with E-state index >= 15 is 0 Å². The van der Waals surface area contributed by atoms with Gasteiger partial charge in [0.1, 0.15) is 16.4 Å². The number of aromatic hydroxyl groups is 2. The predicted octanol–water partition coefficient (Wildman–Crippen LogP) is 4.73. The highest BCUT2D eigenvalue weighted by atomic mass is 35.5. The van der Waals surface area contributed by atoms with Crippen molar-refractivity contribution in [3.05, 3.63) is 89.1 Å². The van der Waals surface area contributed by atoms with E-state index in [9.17, 15) is 18.6 Å². The SMILES string of the molecule is Cc1ccccc1-n1nccc1-c1cc(S(=O)(=O)N(C)Cc2cccc(Cl)c2)c(O)cc1O. The Hall–Kier alpha value is -3.33. The Bertz CT molecular complexity index is 1430. The molecular formula is C24H22ClN3O4S. The lowest BCUT2D eigenvalue weighted by molar-refractivity contribution is 0.430. The Morgan fingerprint density at radius 1 is 1.00 bits per heavy atom. The highest BCUT2D eigenvalue weighted by Gasteiger charge is 2.27. The standard InChI is InChI=1S/C24H22ClN3O4S/c1-16-6-3-4-9-20(16)28-21(10-11-26-28)19-13-24(23(30)14-22(19)29)33(31,32)27(2)15-17-7-5-8-18(25)12-17/h3-14,29-30H,15H2,1-2H3. The molecule has 0 atom stereocenters. The zero-order chi connectivity index (χ0) is 23.8. The van der Waals surface area contributed by atoms with Gasteiger partial charge in [0.25, 0.3) is 0 Å². The van der Waals surface area contributed by atoms with Gasteiger partial charge in [0.15, 0.2) is 0 Å². The number of sulfonamides is 1. The van der Waals surface area contributed by atoms with Gasteiger partial charge in [-0.15, -0.1) is 0 Å². The van der Waals surface area contributed by atoms with Crippen LogP contribution in [0.4, 0.5) is 0 Å². The molecule has 4 rings (SSSR count). The number of aromatic nitrogens is 2. The number of hydrogen-bond acceptors (Lipinski definition) is 5. The van der Waals surface area contributed by atoms with E-state index in [0.717, 1.165) is 21.6 Å². The normalized spacial score (nSPS) is 11.8. The van der Waals surface area contributed by atoms with Crippen LogP contribution in [-0.4, -0.2) is 39.8 Å². The summed E-state index contributed by atoms with van der Waals surface area (Å²) in [7, 11) is -2.68. The van der Waals surface area contributed by atoms with Gasteiger partial charge >= 0.3 is 0 Å². The largest absolute Gasteiger partial charge is 0.507 e. The number of hydrogen-bond donors (Lipinski definition) is 2. The highest BCUT2D eigenvalue weighted by Crippen LogP contribution is 2.39. The van der Waals surface area contributed by atoms with Crippen LogP contribution < -0.4 is 0 Å². The number of benzene rings is 3. The summed E-state index contributed by atoms with van der Waals surface area (Å²) in [6.45, 7) is 1.98. The second-order valence-electron chi connectivity index (χ2n) is 7.64. The van der Waals surface area contributed by atoms with Crippen LogP contribution >= 0.6 is 11.6 Å². The van der Waals surface area contributed by atoms with E-state index in [0.29, 0.717) is 16.3 Å². The summed E-state index contributed by atoms with van der Waals surface area (Å²) in [6, 6.07) is 18.4. The van der Waals surface area contributed by atoms with Crippen LogP contribution in [-0.2, 0) is 16.6 Å². The Labute approximate surface area is 197 Å². The summed E-state index contributed by atoms with van der Waals surface area (Å²) in [4.78, 5) is -0.322. The fraction of sp³-hybridized carbons (Fsp3) is 0.125. The molecule has 0 aliphatic heterocycles. The van der Waals surface area contributed by atoms with Gasteiger partial charge in [-0.1, -0.05) is 41.9 Å². The topological polar surface area (TPSA) is 95.7 Å². The van der Waals surface area contributed by atoms with Gasteiger partial charge in [0.05, 0.1) is 17.6 Å². The van der Waals surface area contributed by atoms with Crippen molar-refractivity contribution in [3.8, 4) is 28.4 Å². The van der Waals surface area contributed by atoms with Crippen LogP contribution in [0.3, 0.4) is 0 Å². The summed E-state index contributed by atoms with van der Waals surface area (Å²) in [5.74, 6) is -0.810. The van der Waals surface area contributed by atoms with Gasteiger partial charge in [-0.05, 0) is 48.4 Å². The quantitative estimate of drug-likeness (QED) is 0.413. The van der Waals surface area contributed by atoms with Gasteiger partial charge < -0.3 is 10.2 Å². The van der Waals surface area contributed by atoms with E-state index in [-0.39, 0.29) is 22.8 Å². The molecule has 3 aromatic carbocycles. The third kappa shape index (κ3) is 4.45. The molecule has 0 aliphatic rings. The third-order valence-corrected chi connectivity index (χ3v) is 7.39. The maximum absolute atomic E-state index is 13.3. The van der Waals surface area contributed by atoms with Gasteiger partial charge in [0, 0.05) is 30.2 Å². The molecule has 33 heavy (non-hydrogen) atoms. The zero-order valence-electron chi connectivity index (χ0n) is 18.0. The van der Waals surface area contributed by atoms with Crippen molar-refractivity contribution in [2.24, 2.45) is 0 Å². The van der Waals surface area contributed by atoms with Crippen molar-refractivity contribution in [3.63, 3.8) is 0 Å². The third-order valence-electron chi connectivity index (χ3n) is 5.32. The fourth-order valence-electron chi connectivity index (χ4n) is 3.61. The average Bonchev–Trinajstić information content (AvgIpc) is 3.23. The molecule has 4 aromatic rings. The minimum absolute atomic E-state index is 0.0552. The van der Waals surface area contributed by atoms with Crippen LogP contribution in [0.25, 0.3) is 16.9 Å². The van der Waals surface area contributed by atoms with Crippen molar-refractivity contribution in [2.75, 3.05) is 7.05 Å². The lowest BCUT2D eigenvalue weighted by atomic mass is 10.1. The molecule has 1 heterocycles. The molecule has 9 heteroatoms. The number of rotatable bonds is 6. The molecule has 1 aromatic heterocycles. The molecule has 2 N–H and O–H groups in total. The van der Waals surface area contributed by atoms with Crippen molar-refractivity contribution in [1.82, 2.24) is 14.1 Å². The second kappa shape index (κ2) is 8.90. The van der Waals surface area contributed by atoms with Crippen LogP contribution in [0.2, 0.25) is 5.02 Å². The lowest BCUT2D eigenvalue weighted by Crippen LogP contribution is -2.26. The molecule has 170 valence electrons. The van der Waals surface area contributed by atoms with Crippen molar-refractivity contribution < 1.29 is 18.6 Å². The predicted molar refractivity (Wildman–Crippen MR) is 127 cm³/mol. The van der Waals surface area contributed by atoms with Gasteiger partial charge in [0.2, 0.25) is 10.0 Å². The Morgan fingerprint density at radius 2 is 1.76 bits per heavy atom. The van der Waals surface area contributed by atoms with Gasteiger partial charge in [-0.2, -0.15) is 9.40 Å². The van der Waals surface area contributed by atoms with Crippen LogP contribution in [0, 0.1) is 6.92 Å². The Kier molecular flexibility index (Phi) is 6.16. The van der Waals surface area contributed by atoms with E-state index in [1.54, 1.807) is 41.2 Å². The molecule has 0 fully saturated rings. The maximum atomic E-state index is 13.3. The van der Waals surface area contributed by atoms with E-state index < -0.39 is 15.8 Å². The lowest BCUT2D eigenvalue weighted by Gasteiger charge is -2.19. The maximum Gasteiger partial charge on any atom is 0.246 e. The summed E-state index contributed by atoms with van der Waals surface area (Å²) in [6.07, 6.45) is 1.56. The molecule has 0 bridgehead atoms. The first kappa shape index (κ1) is 22.8. The second-order valence-corrected chi connectivity index (χ2v) is 10.1. The number of nitrogens with zero attached hydrogens (tertiary/aromatic N) is 3. The first-order chi connectivity index (χ1) is 15.7. The number of aryl methyl sites for hydroxylation is 1. The van der Waals surface area contributed by atoms with Crippen LogP contribution in [0.15, 0.2) is 77.8 Å². The first-order valence-corrected chi connectivity index (χ1v) is 11.9. The Balaban J connectivity index is 1.78. The molecule has 0 spiro atoms. The average molecular weight is 484 g/mol. The molecule has 0 saturated carbocycles. The molecule has 7 nitrogen and oxygen atoms in total. The zero-order valence-corrected chi connectivity index (χ0v) is 19.5. The molecular weight excluding hydrogens is 462 g/mol. The number of para-hydroxylation sites is 1. The summed E-state index contributed by atoms with van der Waals surface area (Å²) < 4.78 is 29.4. The van der Waals surface area contributed by atoms with E-state index in [1.165, 1.54) is 13.1 Å². The van der Waals surface area contributed by atoms with E-state index in [1.807, 2.05) is 31.2 Å². The summed E-state index contributed by atoms with van der Waals surface area (Å²) >= 11 is 6.01. The summed E-state index contributed by atoms with van der Waals surface area (Å²) in [5.41, 5.74) is 3.14. The first-order valence-electron chi connectivity index (χ1n) is 10.1. The van der Waals surface area contributed by atoms with E-state index in [2.05, 4.69) is 5.10 Å². The monoisotopic (exact) mass is 483 g/mol. The fourth-order valence-corrected chi connectivity index (χ4v) is 5.07. The summed E-state index contributed by atoms with van der Waals surface area (Å²) in [5, 5.41) is 25.8. The minimum atomic E-state index is -4.10. The molecule has 0 saturated heterocycles. The van der Waals surface area contributed by atoms with Crippen molar-refractivity contribution in [1.29, 1.82) is 0 Å². The van der Waals surface area contributed by atoms with E-state index in [4.69, 9.17) is 11.6 Å². The van der Waals surface area contributed by atoms with Crippen LogP contribution in [0.5, 0.6) is 11.5 Å². The number of phenolic OH excluding ortho intramolecular Hbond substituents is 2. The number of phenols is 2. The van der Waals surface area contributed by atoms with Crippen molar-refractivity contribution in [2.45, 2.75) is 18.4 Å². The number of halogens is 1. The van der Waals surface area contributed by atoms with Crippen molar-refractivity contribution >= 4 is 21.6 Å². The smallest absolute Gasteiger partial charge is 0.246 e. The van der Waals surface area contributed by atoms with Crippen LogP contribution in [0.1, 0.15) is 11.1 Å².